The van der Waals surface area contributed by atoms with Crippen LogP contribution in [-0.2, 0) is 5.41 Å². The van der Waals surface area contributed by atoms with Gasteiger partial charge in [-0.1, -0.05) is 18.2 Å². The van der Waals surface area contributed by atoms with Crippen molar-refractivity contribution in [2.45, 2.75) is 31.6 Å². The molecule has 3 heteroatoms. The minimum Gasteiger partial charge on any atom is -0.504 e. The van der Waals surface area contributed by atoms with E-state index in [-0.39, 0.29) is 16.9 Å². The second kappa shape index (κ2) is 4.81. The fourth-order valence-corrected chi connectivity index (χ4v) is 4.08. The summed E-state index contributed by atoms with van der Waals surface area (Å²) in [7, 11) is 2.15. The van der Waals surface area contributed by atoms with Gasteiger partial charge in [0.25, 0.3) is 0 Å². The molecule has 1 aromatic carbocycles. The smallest absolute Gasteiger partial charge is 0.161 e. The molecule has 2 atom stereocenters. The summed E-state index contributed by atoms with van der Waals surface area (Å²) in [6.45, 7) is 4.10. The van der Waals surface area contributed by atoms with Gasteiger partial charge in [0.15, 0.2) is 11.5 Å². The van der Waals surface area contributed by atoms with Gasteiger partial charge in [0.2, 0.25) is 0 Å². The Hall–Kier alpha value is -1.48. The van der Waals surface area contributed by atoms with Crippen molar-refractivity contribution >= 4 is 0 Å². The van der Waals surface area contributed by atoms with Gasteiger partial charge >= 0.3 is 0 Å². The molecular formula is C17H23NO2. The van der Waals surface area contributed by atoms with E-state index in [2.05, 4.69) is 24.1 Å². The van der Waals surface area contributed by atoms with E-state index in [0.29, 0.717) is 5.92 Å². The number of hydrogen-bond donors (Lipinski definition) is 2. The number of aromatic hydroxyl groups is 2. The minimum absolute atomic E-state index is 0.00667. The number of rotatable bonds is 1. The van der Waals surface area contributed by atoms with E-state index in [9.17, 15) is 10.2 Å². The van der Waals surface area contributed by atoms with Crippen molar-refractivity contribution in [2.75, 3.05) is 20.1 Å². The summed E-state index contributed by atoms with van der Waals surface area (Å²) in [5.41, 5.74) is 2.04. The van der Waals surface area contributed by atoms with Crippen LogP contribution in [0.1, 0.15) is 30.4 Å². The highest BCUT2D eigenvalue weighted by Gasteiger charge is 2.45. The van der Waals surface area contributed by atoms with Crippen LogP contribution >= 0.6 is 0 Å². The summed E-state index contributed by atoms with van der Waals surface area (Å²) in [4.78, 5) is 2.35. The van der Waals surface area contributed by atoms with Crippen LogP contribution in [0.2, 0.25) is 0 Å². The van der Waals surface area contributed by atoms with E-state index >= 15 is 0 Å². The average Bonchev–Trinajstić information content (AvgIpc) is 2.44. The number of nitrogens with zero attached hydrogens (tertiary/aromatic N) is 1. The van der Waals surface area contributed by atoms with E-state index in [4.69, 9.17) is 0 Å². The highest BCUT2D eigenvalue weighted by Crippen LogP contribution is 2.51. The molecule has 1 fully saturated rings. The fourth-order valence-electron chi connectivity index (χ4n) is 4.08. The molecule has 0 spiro atoms. The summed E-state index contributed by atoms with van der Waals surface area (Å²) in [6, 6.07) is 3.51. The van der Waals surface area contributed by atoms with Crippen LogP contribution in [0.25, 0.3) is 0 Å². The average molecular weight is 273 g/mol. The van der Waals surface area contributed by atoms with Gasteiger partial charge in [-0.05, 0) is 57.3 Å². The normalized spacial score (nSPS) is 30.2. The summed E-state index contributed by atoms with van der Waals surface area (Å²) < 4.78 is 0. The summed E-state index contributed by atoms with van der Waals surface area (Å²) >= 11 is 0. The number of phenolic OH excluding ortho intramolecular Hbond substituents is 2. The van der Waals surface area contributed by atoms with Crippen molar-refractivity contribution in [1.29, 1.82) is 0 Å². The largest absolute Gasteiger partial charge is 0.504 e. The number of allylic oxidation sites excluding steroid dienone is 1. The molecule has 1 unspecified atom stereocenters. The maximum absolute atomic E-state index is 10.4. The Morgan fingerprint density at radius 1 is 1.25 bits per heavy atom. The predicted octanol–water partition coefficient (Wildman–Crippen LogP) is 2.95. The zero-order chi connectivity index (χ0) is 14.3. The summed E-state index contributed by atoms with van der Waals surface area (Å²) in [5.74, 6) is 0.517. The van der Waals surface area contributed by atoms with Crippen molar-refractivity contribution in [2.24, 2.45) is 5.92 Å². The first-order valence-corrected chi connectivity index (χ1v) is 7.42. The van der Waals surface area contributed by atoms with Gasteiger partial charge in [0.1, 0.15) is 0 Å². The quantitative estimate of drug-likeness (QED) is 0.611. The fraction of sp³-hybridized carbons (Fsp3) is 0.529. The van der Waals surface area contributed by atoms with Crippen molar-refractivity contribution in [1.82, 2.24) is 4.90 Å². The van der Waals surface area contributed by atoms with E-state index in [1.807, 2.05) is 13.0 Å². The van der Waals surface area contributed by atoms with Crippen LogP contribution in [0.5, 0.6) is 11.5 Å². The predicted molar refractivity (Wildman–Crippen MR) is 80.2 cm³/mol. The number of piperidine rings is 1. The first-order valence-electron chi connectivity index (χ1n) is 7.42. The highest BCUT2D eigenvalue weighted by molar-refractivity contribution is 5.53. The number of benzene rings is 1. The second-order valence-electron chi connectivity index (χ2n) is 6.37. The van der Waals surface area contributed by atoms with E-state index in [0.717, 1.165) is 43.5 Å². The molecule has 3 nitrogen and oxygen atoms in total. The van der Waals surface area contributed by atoms with Crippen molar-refractivity contribution < 1.29 is 10.2 Å². The summed E-state index contributed by atoms with van der Waals surface area (Å²) in [5, 5.41) is 20.4. The minimum atomic E-state index is -0.0197. The molecule has 1 aliphatic carbocycles. The van der Waals surface area contributed by atoms with Crippen LogP contribution in [0.3, 0.4) is 0 Å². The molecule has 0 aromatic heterocycles. The third-order valence-corrected chi connectivity index (χ3v) is 5.15. The monoisotopic (exact) mass is 273 g/mol. The lowest BCUT2D eigenvalue weighted by Gasteiger charge is -2.49. The Balaban J connectivity index is 2.15. The molecule has 3 rings (SSSR count). The number of phenols is 2. The topological polar surface area (TPSA) is 43.7 Å². The molecule has 1 aliphatic heterocycles. The van der Waals surface area contributed by atoms with E-state index in [1.54, 1.807) is 6.07 Å². The lowest BCUT2D eigenvalue weighted by atomic mass is 9.60. The Morgan fingerprint density at radius 2 is 2.05 bits per heavy atom. The Bertz CT molecular complexity index is 552. The molecule has 108 valence electrons. The molecule has 0 amide bonds. The Kier molecular flexibility index (Phi) is 3.25. The maximum Gasteiger partial charge on any atom is 0.161 e. The third kappa shape index (κ3) is 1.92. The van der Waals surface area contributed by atoms with Crippen molar-refractivity contribution in [3.05, 3.63) is 35.4 Å². The van der Waals surface area contributed by atoms with Gasteiger partial charge in [-0.15, -0.1) is 0 Å². The molecule has 0 bridgehead atoms. The third-order valence-electron chi connectivity index (χ3n) is 5.15. The Morgan fingerprint density at radius 3 is 2.85 bits per heavy atom. The van der Waals surface area contributed by atoms with Gasteiger partial charge in [0.05, 0.1) is 0 Å². The first kappa shape index (κ1) is 13.5. The van der Waals surface area contributed by atoms with Crippen molar-refractivity contribution in [3.8, 4) is 11.5 Å². The SMILES string of the molecule is Cc1ccc(O)c(O)c1[C@@]12CCC=CC1CN(C)CC2. The number of fused-ring (bicyclic) bond motifs is 1. The van der Waals surface area contributed by atoms with E-state index in [1.165, 1.54) is 0 Å². The molecule has 1 saturated heterocycles. The molecule has 2 aliphatic rings. The number of likely N-dealkylation sites (tertiary alicyclic amines) is 1. The molecule has 1 aromatic rings. The van der Waals surface area contributed by atoms with Gasteiger partial charge in [-0.3, -0.25) is 0 Å². The zero-order valence-electron chi connectivity index (χ0n) is 12.3. The van der Waals surface area contributed by atoms with Crippen LogP contribution in [0, 0.1) is 12.8 Å². The standard InChI is InChI=1S/C17H23NO2/c1-12-6-7-14(19)16(20)15(12)17-8-4-3-5-13(17)11-18(2)10-9-17/h3,5-7,13,19-20H,4,8-11H2,1-2H3/t13?,17-/m1/s1. The molecular weight excluding hydrogens is 250 g/mol. The maximum atomic E-state index is 10.4. The Labute approximate surface area is 120 Å². The van der Waals surface area contributed by atoms with Crippen LogP contribution < -0.4 is 0 Å². The van der Waals surface area contributed by atoms with Gasteiger partial charge in [-0.2, -0.15) is 0 Å². The lowest BCUT2D eigenvalue weighted by molar-refractivity contribution is 0.122. The molecule has 20 heavy (non-hydrogen) atoms. The van der Waals surface area contributed by atoms with Crippen molar-refractivity contribution in [3.63, 3.8) is 0 Å². The van der Waals surface area contributed by atoms with Gasteiger partial charge in [0, 0.05) is 17.5 Å². The number of aryl methyl sites for hydroxylation is 1. The zero-order valence-corrected chi connectivity index (χ0v) is 12.3. The second-order valence-corrected chi connectivity index (χ2v) is 6.37. The molecule has 1 heterocycles. The van der Waals surface area contributed by atoms with Gasteiger partial charge < -0.3 is 15.1 Å². The first-order chi connectivity index (χ1) is 9.54. The van der Waals surface area contributed by atoms with Crippen LogP contribution in [0.4, 0.5) is 0 Å². The highest BCUT2D eigenvalue weighted by atomic mass is 16.3. The van der Waals surface area contributed by atoms with E-state index < -0.39 is 0 Å². The van der Waals surface area contributed by atoms with Gasteiger partial charge in [-0.25, -0.2) is 0 Å². The van der Waals surface area contributed by atoms with Crippen LogP contribution in [-0.4, -0.2) is 35.3 Å². The molecule has 0 saturated carbocycles. The van der Waals surface area contributed by atoms with Crippen LogP contribution in [0.15, 0.2) is 24.3 Å². The molecule has 0 radical (unpaired) electrons. The molecule has 2 N–H and O–H groups in total. The summed E-state index contributed by atoms with van der Waals surface area (Å²) in [6.07, 6.45) is 7.71. The lowest BCUT2D eigenvalue weighted by Crippen LogP contribution is -2.49. The number of hydrogen-bond acceptors (Lipinski definition) is 3.